The van der Waals surface area contributed by atoms with Crippen molar-refractivity contribution in [2.75, 3.05) is 12.1 Å². The smallest absolute Gasteiger partial charge is 0.231 e. The van der Waals surface area contributed by atoms with E-state index in [1.807, 2.05) is 36.4 Å². The Bertz CT molecular complexity index is 967. The molecule has 3 aromatic rings. The zero-order valence-electron chi connectivity index (χ0n) is 14.8. The number of carbonyl (C=O) groups excluding carboxylic acids is 1. The van der Waals surface area contributed by atoms with Crippen LogP contribution in [0.3, 0.4) is 0 Å². The normalized spacial score (nSPS) is 21.3. The molecule has 27 heavy (non-hydrogen) atoms. The summed E-state index contributed by atoms with van der Waals surface area (Å²) in [5.74, 6) is 1.60. The topological polar surface area (TPSA) is 60.5 Å². The average Bonchev–Trinajstić information content (AvgIpc) is 3.34. The van der Waals surface area contributed by atoms with E-state index in [1.54, 1.807) is 11.3 Å². The van der Waals surface area contributed by atoms with Gasteiger partial charge in [-0.15, -0.1) is 11.3 Å². The molecule has 1 N–H and O–H groups in total. The Morgan fingerprint density at radius 3 is 2.85 bits per heavy atom. The van der Waals surface area contributed by atoms with E-state index in [2.05, 4.69) is 11.4 Å². The number of benzene rings is 2. The minimum Gasteiger partial charge on any atom is -0.454 e. The Balaban J connectivity index is 1.39. The number of nitrogens with zero attached hydrogens (tertiary/aromatic N) is 1. The highest BCUT2D eigenvalue weighted by Crippen LogP contribution is 2.41. The predicted octanol–water partition coefficient (Wildman–Crippen LogP) is 4.94. The third-order valence-electron chi connectivity index (χ3n) is 5.37. The standard InChI is InChI=1S/C21H20N2O3S/c24-20(22-13-9-10-17-18(11-13)26-12-25-17)14-5-1-2-6-15(14)21-23-16-7-3-4-8-19(16)27-21/h3-4,7-11,14-15H,1-2,5-6,12H2,(H,22,24). The first kappa shape index (κ1) is 16.6. The minimum atomic E-state index is -0.0512. The molecule has 1 fully saturated rings. The van der Waals surface area contributed by atoms with Crippen molar-refractivity contribution in [1.82, 2.24) is 4.98 Å². The third kappa shape index (κ3) is 3.14. The quantitative estimate of drug-likeness (QED) is 0.699. The van der Waals surface area contributed by atoms with Crippen LogP contribution in [-0.4, -0.2) is 17.7 Å². The Morgan fingerprint density at radius 2 is 1.93 bits per heavy atom. The van der Waals surface area contributed by atoms with Crippen LogP contribution in [0.4, 0.5) is 5.69 Å². The van der Waals surface area contributed by atoms with E-state index in [4.69, 9.17) is 14.5 Å². The fourth-order valence-electron chi connectivity index (χ4n) is 4.00. The summed E-state index contributed by atoms with van der Waals surface area (Å²) in [6, 6.07) is 13.7. The molecule has 2 aromatic carbocycles. The molecule has 1 aliphatic heterocycles. The van der Waals surface area contributed by atoms with Gasteiger partial charge in [0.05, 0.1) is 15.2 Å². The number of ether oxygens (including phenoxy) is 2. The number of nitrogens with one attached hydrogen (secondary N) is 1. The van der Waals surface area contributed by atoms with E-state index < -0.39 is 0 Å². The molecule has 6 heteroatoms. The number of carbonyl (C=O) groups is 1. The van der Waals surface area contributed by atoms with Crippen LogP contribution in [0.2, 0.25) is 0 Å². The van der Waals surface area contributed by atoms with E-state index in [9.17, 15) is 4.79 Å². The number of aromatic nitrogens is 1. The molecule has 0 spiro atoms. The molecule has 0 radical (unpaired) electrons. The van der Waals surface area contributed by atoms with E-state index in [0.29, 0.717) is 5.75 Å². The predicted molar refractivity (Wildman–Crippen MR) is 106 cm³/mol. The summed E-state index contributed by atoms with van der Waals surface area (Å²) >= 11 is 1.72. The summed E-state index contributed by atoms with van der Waals surface area (Å²) in [6.07, 6.45) is 4.14. The lowest BCUT2D eigenvalue weighted by Gasteiger charge is -2.29. The minimum absolute atomic E-state index is 0.0512. The fourth-order valence-corrected chi connectivity index (χ4v) is 5.17. The van der Waals surface area contributed by atoms with Crippen LogP contribution in [0.5, 0.6) is 11.5 Å². The van der Waals surface area contributed by atoms with Crippen molar-refractivity contribution in [3.63, 3.8) is 0 Å². The molecule has 1 amide bonds. The second kappa shape index (κ2) is 6.85. The van der Waals surface area contributed by atoms with Crippen molar-refractivity contribution in [2.24, 2.45) is 5.92 Å². The monoisotopic (exact) mass is 380 g/mol. The third-order valence-corrected chi connectivity index (χ3v) is 6.54. The molecule has 5 nitrogen and oxygen atoms in total. The highest BCUT2D eigenvalue weighted by molar-refractivity contribution is 7.18. The van der Waals surface area contributed by atoms with Gasteiger partial charge in [-0.1, -0.05) is 25.0 Å². The van der Waals surface area contributed by atoms with Gasteiger partial charge in [0.1, 0.15) is 0 Å². The average molecular weight is 380 g/mol. The summed E-state index contributed by atoms with van der Waals surface area (Å²) in [6.45, 7) is 0.231. The number of hydrogen-bond donors (Lipinski definition) is 1. The highest BCUT2D eigenvalue weighted by atomic mass is 32.1. The first-order valence-corrected chi connectivity index (χ1v) is 10.2. The summed E-state index contributed by atoms with van der Waals surface area (Å²) < 4.78 is 11.9. The van der Waals surface area contributed by atoms with Crippen molar-refractivity contribution in [2.45, 2.75) is 31.6 Å². The van der Waals surface area contributed by atoms with Crippen molar-refractivity contribution >= 4 is 33.1 Å². The van der Waals surface area contributed by atoms with E-state index in [1.165, 1.54) is 4.70 Å². The highest BCUT2D eigenvalue weighted by Gasteiger charge is 2.34. The molecular formula is C21H20N2O3S. The summed E-state index contributed by atoms with van der Waals surface area (Å²) in [5, 5.41) is 4.16. The number of rotatable bonds is 3. The molecule has 1 aliphatic carbocycles. The van der Waals surface area contributed by atoms with Gasteiger partial charge in [-0.2, -0.15) is 0 Å². The van der Waals surface area contributed by atoms with Gasteiger partial charge >= 0.3 is 0 Å². The lowest BCUT2D eigenvalue weighted by molar-refractivity contribution is -0.121. The van der Waals surface area contributed by atoms with Crippen LogP contribution in [0.25, 0.3) is 10.2 Å². The summed E-state index contributed by atoms with van der Waals surface area (Å²) in [4.78, 5) is 17.9. The Morgan fingerprint density at radius 1 is 1.07 bits per heavy atom. The van der Waals surface area contributed by atoms with Gasteiger partial charge in [0.2, 0.25) is 12.7 Å². The van der Waals surface area contributed by atoms with Crippen LogP contribution in [0, 0.1) is 5.92 Å². The molecule has 5 rings (SSSR count). The number of fused-ring (bicyclic) bond motifs is 2. The second-order valence-corrected chi connectivity index (χ2v) is 8.14. The van der Waals surface area contributed by atoms with Crippen LogP contribution in [0.1, 0.15) is 36.6 Å². The maximum absolute atomic E-state index is 13.1. The molecule has 138 valence electrons. The molecule has 2 unspecified atom stereocenters. The lowest BCUT2D eigenvalue weighted by atomic mass is 9.79. The molecule has 2 aliphatic rings. The van der Waals surface area contributed by atoms with Gasteiger partial charge in [0.25, 0.3) is 0 Å². The van der Waals surface area contributed by atoms with Crippen molar-refractivity contribution in [3.05, 3.63) is 47.5 Å². The second-order valence-electron chi connectivity index (χ2n) is 7.07. The number of anilines is 1. The summed E-state index contributed by atoms with van der Waals surface area (Å²) in [7, 11) is 0. The molecule has 0 bridgehead atoms. The van der Waals surface area contributed by atoms with E-state index in [0.717, 1.165) is 47.6 Å². The maximum Gasteiger partial charge on any atom is 0.231 e. The largest absolute Gasteiger partial charge is 0.454 e. The van der Waals surface area contributed by atoms with Gasteiger partial charge in [-0.05, 0) is 37.1 Å². The first-order chi connectivity index (χ1) is 13.3. The zero-order chi connectivity index (χ0) is 18.2. The van der Waals surface area contributed by atoms with Gasteiger partial charge in [-0.3, -0.25) is 4.79 Å². The van der Waals surface area contributed by atoms with Crippen LogP contribution >= 0.6 is 11.3 Å². The lowest BCUT2D eigenvalue weighted by Crippen LogP contribution is -2.30. The molecule has 1 saturated carbocycles. The van der Waals surface area contributed by atoms with Gasteiger partial charge in [0.15, 0.2) is 11.5 Å². The van der Waals surface area contributed by atoms with Crippen molar-refractivity contribution < 1.29 is 14.3 Å². The molecule has 2 heterocycles. The van der Waals surface area contributed by atoms with E-state index >= 15 is 0 Å². The van der Waals surface area contributed by atoms with Gasteiger partial charge in [-0.25, -0.2) is 4.98 Å². The number of amides is 1. The Labute approximate surface area is 161 Å². The zero-order valence-corrected chi connectivity index (χ0v) is 15.6. The molecule has 1 aromatic heterocycles. The van der Waals surface area contributed by atoms with Gasteiger partial charge in [0, 0.05) is 23.6 Å². The Hall–Kier alpha value is -2.60. The van der Waals surface area contributed by atoms with Crippen LogP contribution in [0.15, 0.2) is 42.5 Å². The summed E-state index contributed by atoms with van der Waals surface area (Å²) in [5.41, 5.74) is 1.77. The van der Waals surface area contributed by atoms with Crippen LogP contribution in [-0.2, 0) is 4.79 Å². The number of hydrogen-bond acceptors (Lipinski definition) is 5. The fraction of sp³-hybridized carbons (Fsp3) is 0.333. The van der Waals surface area contributed by atoms with Crippen molar-refractivity contribution in [1.29, 1.82) is 0 Å². The number of para-hydroxylation sites is 1. The molecule has 2 atom stereocenters. The SMILES string of the molecule is O=C(Nc1ccc2c(c1)OCO2)C1CCCCC1c1nc2ccccc2s1. The first-order valence-electron chi connectivity index (χ1n) is 9.34. The van der Waals surface area contributed by atoms with Crippen LogP contribution < -0.4 is 14.8 Å². The van der Waals surface area contributed by atoms with Crippen molar-refractivity contribution in [3.8, 4) is 11.5 Å². The van der Waals surface area contributed by atoms with E-state index in [-0.39, 0.29) is 24.5 Å². The molecular weight excluding hydrogens is 360 g/mol. The number of thiazole rings is 1. The maximum atomic E-state index is 13.1. The Kier molecular flexibility index (Phi) is 4.20. The molecule has 0 saturated heterocycles. The van der Waals surface area contributed by atoms with Gasteiger partial charge < -0.3 is 14.8 Å².